The Hall–Kier alpha value is -0.650. The minimum Gasteiger partial charge on any atom is -0.389 e. The van der Waals surface area contributed by atoms with Crippen LogP contribution in [0.4, 0.5) is 5.69 Å². The summed E-state index contributed by atoms with van der Waals surface area (Å²) >= 11 is 8.59. The highest BCUT2D eigenvalue weighted by molar-refractivity contribution is 9.10. The Morgan fingerprint density at radius 3 is 2.50 bits per heavy atom. The average molecular weight is 356 g/mol. The van der Waals surface area contributed by atoms with E-state index in [1.54, 1.807) is 0 Å². The summed E-state index contributed by atoms with van der Waals surface area (Å²) < 4.78 is 0.979. The molecule has 1 unspecified atom stereocenters. The molecule has 1 atom stereocenters. The first-order valence-corrected chi connectivity index (χ1v) is 8.31. The molecule has 1 fully saturated rings. The van der Waals surface area contributed by atoms with Gasteiger partial charge in [0.25, 0.3) is 0 Å². The average Bonchev–Trinajstić information content (AvgIpc) is 2.46. The highest BCUT2D eigenvalue weighted by atomic mass is 79.9. The lowest BCUT2D eigenvalue weighted by Crippen LogP contribution is -2.49. The van der Waals surface area contributed by atoms with Crippen molar-refractivity contribution in [3.8, 4) is 0 Å². The zero-order valence-corrected chi connectivity index (χ0v) is 14.5. The van der Waals surface area contributed by atoms with Gasteiger partial charge in [-0.05, 0) is 47.5 Å². The molecular formula is C15H22BrN3S. The van der Waals surface area contributed by atoms with Crippen molar-refractivity contribution in [2.24, 2.45) is 5.73 Å². The molecule has 1 aromatic rings. The smallest absolute Gasteiger partial charge is 0.105 e. The third-order valence-corrected chi connectivity index (χ3v) is 4.99. The second-order valence-electron chi connectivity index (χ2n) is 5.31. The van der Waals surface area contributed by atoms with Gasteiger partial charge in [0, 0.05) is 47.9 Å². The van der Waals surface area contributed by atoms with Gasteiger partial charge in [-0.25, -0.2) is 0 Å². The number of hydrogen-bond acceptors (Lipinski definition) is 3. The third kappa shape index (κ3) is 3.51. The fraction of sp³-hybridized carbons (Fsp3) is 0.533. The van der Waals surface area contributed by atoms with E-state index in [0.29, 0.717) is 11.0 Å². The van der Waals surface area contributed by atoms with Crippen LogP contribution in [0.1, 0.15) is 25.8 Å². The molecule has 1 heterocycles. The van der Waals surface area contributed by atoms with Crippen LogP contribution in [0.5, 0.6) is 0 Å². The van der Waals surface area contributed by atoms with Crippen LogP contribution in [0.15, 0.2) is 22.7 Å². The summed E-state index contributed by atoms with van der Waals surface area (Å²) in [6.45, 7) is 8.96. The van der Waals surface area contributed by atoms with E-state index >= 15 is 0 Å². The van der Waals surface area contributed by atoms with E-state index in [9.17, 15) is 0 Å². The molecular weight excluding hydrogens is 334 g/mol. The molecule has 2 N–H and O–H groups in total. The molecule has 0 aromatic heterocycles. The lowest BCUT2D eigenvalue weighted by Gasteiger charge is -2.39. The van der Waals surface area contributed by atoms with Crippen molar-refractivity contribution >= 4 is 38.8 Å². The molecule has 1 aliphatic rings. The van der Waals surface area contributed by atoms with Crippen LogP contribution < -0.4 is 10.6 Å². The van der Waals surface area contributed by atoms with Gasteiger partial charge in [0.2, 0.25) is 0 Å². The largest absolute Gasteiger partial charge is 0.389 e. The number of nitrogens with zero attached hydrogens (tertiary/aromatic N) is 2. The van der Waals surface area contributed by atoms with E-state index in [1.807, 2.05) is 6.07 Å². The van der Waals surface area contributed by atoms with Crippen molar-refractivity contribution < 1.29 is 0 Å². The molecule has 20 heavy (non-hydrogen) atoms. The van der Waals surface area contributed by atoms with Crippen LogP contribution >= 0.6 is 28.1 Å². The van der Waals surface area contributed by atoms with Gasteiger partial charge in [0.1, 0.15) is 4.99 Å². The first-order chi connectivity index (χ1) is 9.52. The standard InChI is InChI=1S/C15H22BrN3S/c1-3-11(2)18-6-8-19(9-7-18)12-4-5-13(15(17)20)14(16)10-12/h4-5,10-11H,3,6-9H2,1-2H3,(H2,17,20). The second kappa shape index (κ2) is 6.87. The Bertz CT molecular complexity index is 484. The van der Waals surface area contributed by atoms with E-state index < -0.39 is 0 Å². The normalized spacial score (nSPS) is 18.1. The highest BCUT2D eigenvalue weighted by Crippen LogP contribution is 2.25. The first kappa shape index (κ1) is 15.7. The lowest BCUT2D eigenvalue weighted by atomic mass is 10.1. The van der Waals surface area contributed by atoms with Gasteiger partial charge in [-0.15, -0.1) is 0 Å². The summed E-state index contributed by atoms with van der Waals surface area (Å²) in [5.41, 5.74) is 7.83. The van der Waals surface area contributed by atoms with Crippen molar-refractivity contribution in [3.05, 3.63) is 28.2 Å². The fourth-order valence-corrected chi connectivity index (χ4v) is 3.47. The van der Waals surface area contributed by atoms with Crippen molar-refractivity contribution in [1.82, 2.24) is 4.90 Å². The topological polar surface area (TPSA) is 32.5 Å². The van der Waals surface area contributed by atoms with E-state index in [4.69, 9.17) is 18.0 Å². The molecule has 2 rings (SSSR count). The predicted molar refractivity (Wildman–Crippen MR) is 93.6 cm³/mol. The van der Waals surface area contributed by atoms with Crippen molar-refractivity contribution in [2.75, 3.05) is 31.1 Å². The molecule has 1 saturated heterocycles. The SMILES string of the molecule is CCC(C)N1CCN(c2ccc(C(N)=S)c(Br)c2)CC1. The molecule has 0 amide bonds. The number of piperazine rings is 1. The van der Waals surface area contributed by atoms with Crippen LogP contribution in [-0.4, -0.2) is 42.1 Å². The molecule has 5 heteroatoms. The van der Waals surface area contributed by atoms with Gasteiger partial charge in [-0.2, -0.15) is 0 Å². The van der Waals surface area contributed by atoms with Crippen LogP contribution in [0.2, 0.25) is 0 Å². The highest BCUT2D eigenvalue weighted by Gasteiger charge is 2.20. The summed E-state index contributed by atoms with van der Waals surface area (Å²) in [6.07, 6.45) is 1.22. The molecule has 1 aromatic carbocycles. The Balaban J connectivity index is 2.04. The van der Waals surface area contributed by atoms with Crippen molar-refractivity contribution in [1.29, 1.82) is 0 Å². The summed E-state index contributed by atoms with van der Waals surface area (Å²) in [7, 11) is 0. The Morgan fingerprint density at radius 2 is 2.00 bits per heavy atom. The van der Waals surface area contributed by atoms with Gasteiger partial charge in [0.15, 0.2) is 0 Å². The second-order valence-corrected chi connectivity index (χ2v) is 6.60. The molecule has 0 radical (unpaired) electrons. The molecule has 0 aliphatic carbocycles. The van der Waals surface area contributed by atoms with E-state index in [0.717, 1.165) is 36.2 Å². The quantitative estimate of drug-likeness (QED) is 0.841. The number of rotatable bonds is 4. The first-order valence-electron chi connectivity index (χ1n) is 7.11. The van der Waals surface area contributed by atoms with Crippen LogP contribution in [0, 0.1) is 0 Å². The Labute approximate surface area is 135 Å². The maximum Gasteiger partial charge on any atom is 0.105 e. The number of hydrogen-bond donors (Lipinski definition) is 1. The zero-order valence-electron chi connectivity index (χ0n) is 12.1. The molecule has 3 nitrogen and oxygen atoms in total. The molecule has 110 valence electrons. The van der Waals surface area contributed by atoms with E-state index in [-0.39, 0.29) is 0 Å². The van der Waals surface area contributed by atoms with Gasteiger partial charge < -0.3 is 10.6 Å². The van der Waals surface area contributed by atoms with Crippen molar-refractivity contribution in [2.45, 2.75) is 26.3 Å². The predicted octanol–water partition coefficient (Wildman–Crippen LogP) is 3.00. The minimum absolute atomic E-state index is 0.435. The van der Waals surface area contributed by atoms with E-state index in [1.165, 1.54) is 12.1 Å². The van der Waals surface area contributed by atoms with E-state index in [2.05, 4.69) is 51.7 Å². The van der Waals surface area contributed by atoms with Crippen LogP contribution in [0.3, 0.4) is 0 Å². The minimum atomic E-state index is 0.435. The summed E-state index contributed by atoms with van der Waals surface area (Å²) in [5.74, 6) is 0. The number of benzene rings is 1. The maximum atomic E-state index is 5.69. The Morgan fingerprint density at radius 1 is 1.35 bits per heavy atom. The van der Waals surface area contributed by atoms with Gasteiger partial charge >= 0.3 is 0 Å². The lowest BCUT2D eigenvalue weighted by molar-refractivity contribution is 0.193. The summed E-state index contributed by atoms with van der Waals surface area (Å²) in [5, 5.41) is 0. The summed E-state index contributed by atoms with van der Waals surface area (Å²) in [6, 6.07) is 6.91. The van der Waals surface area contributed by atoms with Gasteiger partial charge in [-0.3, -0.25) is 4.90 Å². The monoisotopic (exact) mass is 355 g/mol. The third-order valence-electron chi connectivity index (χ3n) is 4.11. The number of nitrogens with two attached hydrogens (primary N) is 1. The number of thiocarbonyl (C=S) groups is 1. The Kier molecular flexibility index (Phi) is 5.41. The number of halogens is 1. The van der Waals surface area contributed by atoms with Gasteiger partial charge in [-0.1, -0.05) is 19.1 Å². The molecule has 0 saturated carbocycles. The zero-order chi connectivity index (χ0) is 14.7. The van der Waals surface area contributed by atoms with Gasteiger partial charge in [0.05, 0.1) is 0 Å². The fourth-order valence-electron chi connectivity index (χ4n) is 2.58. The molecule has 0 spiro atoms. The van der Waals surface area contributed by atoms with Crippen molar-refractivity contribution in [3.63, 3.8) is 0 Å². The number of anilines is 1. The molecule has 0 bridgehead atoms. The molecule has 1 aliphatic heterocycles. The maximum absolute atomic E-state index is 5.69. The van der Waals surface area contributed by atoms with Crippen LogP contribution in [0.25, 0.3) is 0 Å². The van der Waals surface area contributed by atoms with Crippen LogP contribution in [-0.2, 0) is 0 Å². The summed E-state index contributed by atoms with van der Waals surface area (Å²) in [4.78, 5) is 5.42.